The first-order valence-corrected chi connectivity index (χ1v) is 5.97. The van der Waals surface area contributed by atoms with Gasteiger partial charge >= 0.3 is 0 Å². The van der Waals surface area contributed by atoms with Crippen LogP contribution in [0.25, 0.3) is 28.4 Å². The molecule has 92 valence electrons. The van der Waals surface area contributed by atoms with Crippen molar-refractivity contribution in [2.24, 2.45) is 0 Å². The maximum absolute atomic E-state index is 7.67. The van der Waals surface area contributed by atoms with Gasteiger partial charge in [-0.15, -0.1) is 5.84 Å². The first-order valence-electron chi connectivity index (χ1n) is 5.97. The molecule has 0 fully saturated rings. The minimum atomic E-state index is 0.740. The molecule has 2 aromatic carbocycles. The van der Waals surface area contributed by atoms with Gasteiger partial charge in [0.25, 0.3) is 0 Å². The fourth-order valence-corrected chi connectivity index (χ4v) is 1.91. The summed E-state index contributed by atoms with van der Waals surface area (Å²) in [5, 5.41) is 8.20. The van der Waals surface area contributed by atoms with Gasteiger partial charge in [-0.1, -0.05) is 70.9 Å². The van der Waals surface area contributed by atoms with E-state index in [1.807, 2.05) is 66.7 Å². The summed E-state index contributed by atoms with van der Waals surface area (Å²) < 4.78 is 0. The smallest absolute Gasteiger partial charge is 0.0660 e. The molecule has 3 rings (SSSR count). The van der Waals surface area contributed by atoms with Crippen molar-refractivity contribution in [3.8, 4) is 22.5 Å². The molecule has 0 saturated heterocycles. The van der Waals surface area contributed by atoms with E-state index in [4.69, 9.17) is 5.84 Å². The topological polar surface area (TPSA) is 53.5 Å². The molecule has 0 aliphatic carbocycles. The number of hydrogen-bond donors (Lipinski definition) is 0. The normalized spacial score (nSPS) is 10.3. The van der Waals surface area contributed by atoms with Crippen LogP contribution in [0.1, 0.15) is 0 Å². The second kappa shape index (κ2) is 4.86. The van der Waals surface area contributed by atoms with Crippen LogP contribution in [0.3, 0.4) is 0 Å². The molecular formula is C15H12N4. The maximum Gasteiger partial charge on any atom is 0.0660 e. The fourth-order valence-electron chi connectivity index (χ4n) is 1.91. The van der Waals surface area contributed by atoms with Crippen LogP contribution in [0.15, 0.2) is 66.7 Å². The summed E-state index contributed by atoms with van der Waals surface area (Å²) in [5.74, 6) is 7.67. The monoisotopic (exact) mass is 248 g/mol. The second-order valence-corrected chi connectivity index (χ2v) is 4.14. The quantitative estimate of drug-likeness (QED) is 0.655. The molecule has 3 aromatic rings. The van der Waals surface area contributed by atoms with Crippen molar-refractivity contribution in [3.05, 3.63) is 72.6 Å². The van der Waals surface area contributed by atoms with Gasteiger partial charge in [-0.3, -0.25) is 0 Å². The Bertz CT molecular complexity index is 623. The van der Waals surface area contributed by atoms with Gasteiger partial charge in [-0.2, -0.15) is 0 Å². The van der Waals surface area contributed by atoms with Crippen LogP contribution in [-0.2, 0) is 0 Å². The van der Waals surface area contributed by atoms with Crippen LogP contribution in [0.2, 0.25) is 0 Å². The van der Waals surface area contributed by atoms with Crippen molar-refractivity contribution in [1.29, 1.82) is 0 Å². The Morgan fingerprint density at radius 3 is 1.53 bits per heavy atom. The average Bonchev–Trinajstić information content (AvgIpc) is 2.48. The minimum Gasteiger partial charge on any atom is -0.143 e. The molecule has 0 unspecified atom stereocenters. The molecular weight excluding hydrogens is 236 g/mol. The van der Waals surface area contributed by atoms with Crippen molar-refractivity contribution < 1.29 is 4.91 Å². The Labute approximate surface area is 111 Å². The predicted molar refractivity (Wildman–Crippen MR) is 72.8 cm³/mol. The molecule has 19 heavy (non-hydrogen) atoms. The number of rotatable bonds is 2. The lowest BCUT2D eigenvalue weighted by atomic mass is 10.1. The summed E-state index contributed by atoms with van der Waals surface area (Å²) in [4.78, 5) is 0.866. The highest BCUT2D eigenvalue weighted by Gasteiger charge is 2.05. The van der Waals surface area contributed by atoms with Crippen LogP contribution in [0.4, 0.5) is 0 Å². The van der Waals surface area contributed by atoms with Crippen molar-refractivity contribution in [2.75, 3.05) is 0 Å². The van der Waals surface area contributed by atoms with Gasteiger partial charge in [0.15, 0.2) is 0 Å². The third-order valence-corrected chi connectivity index (χ3v) is 2.82. The van der Waals surface area contributed by atoms with E-state index in [0.29, 0.717) is 0 Å². The molecule has 4 heteroatoms. The largest absolute Gasteiger partial charge is 0.143 e. The molecule has 1 heterocycles. The second-order valence-electron chi connectivity index (χ2n) is 4.14. The highest BCUT2D eigenvalue weighted by molar-refractivity contribution is 5.66. The van der Waals surface area contributed by atoms with Gasteiger partial charge in [0.05, 0.1) is 11.4 Å². The molecule has 0 saturated carbocycles. The lowest BCUT2D eigenvalue weighted by Crippen LogP contribution is -2.34. The molecule has 4 nitrogen and oxygen atoms in total. The molecule has 0 bridgehead atoms. The highest BCUT2D eigenvalue weighted by atomic mass is 15.6. The molecule has 0 aliphatic rings. The lowest BCUT2D eigenvalue weighted by molar-refractivity contribution is -0.726. The highest BCUT2D eigenvalue weighted by Crippen LogP contribution is 2.20. The summed E-state index contributed by atoms with van der Waals surface area (Å²) in [6.45, 7) is 0. The zero-order valence-electron chi connectivity index (χ0n) is 10.2. The standard InChI is InChI=1S/C15H12N4/c16-19-17-14(12-7-3-1-4-8-12)11-15(18-19)13-9-5-2-6-10-13/h1-11,16H. The average molecular weight is 248 g/mol. The van der Waals surface area contributed by atoms with Crippen LogP contribution in [0, 0.1) is 0 Å². The number of benzene rings is 2. The van der Waals surface area contributed by atoms with Crippen LogP contribution >= 0.6 is 0 Å². The van der Waals surface area contributed by atoms with Crippen LogP contribution in [-0.4, -0.2) is 10.2 Å². The summed E-state index contributed by atoms with van der Waals surface area (Å²) in [6.07, 6.45) is 0. The Morgan fingerprint density at radius 2 is 1.11 bits per heavy atom. The minimum absolute atomic E-state index is 0.740. The zero-order chi connectivity index (χ0) is 13.1. The fraction of sp³-hybridized carbons (Fsp3) is 0. The van der Waals surface area contributed by atoms with E-state index >= 15 is 0 Å². The summed E-state index contributed by atoms with van der Waals surface area (Å²) in [6, 6.07) is 21.5. The van der Waals surface area contributed by atoms with Gasteiger partial charge in [-0.05, 0) is 22.1 Å². The summed E-state index contributed by atoms with van der Waals surface area (Å²) in [7, 11) is 0. The Hall–Kier alpha value is -2.75. The van der Waals surface area contributed by atoms with E-state index in [9.17, 15) is 0 Å². The van der Waals surface area contributed by atoms with E-state index in [1.165, 1.54) is 0 Å². The molecule has 1 aromatic heterocycles. The maximum atomic E-state index is 7.67. The van der Waals surface area contributed by atoms with Gasteiger partial charge in [0.1, 0.15) is 0 Å². The van der Waals surface area contributed by atoms with Gasteiger partial charge in [0.2, 0.25) is 0 Å². The molecule has 0 amide bonds. The van der Waals surface area contributed by atoms with Crippen molar-refractivity contribution >= 4 is 0 Å². The predicted octanol–water partition coefficient (Wildman–Crippen LogP) is 2.91. The van der Waals surface area contributed by atoms with Gasteiger partial charge < -0.3 is 0 Å². The number of aromatic nitrogens is 3. The lowest BCUT2D eigenvalue weighted by Gasteiger charge is -2.06. The summed E-state index contributed by atoms with van der Waals surface area (Å²) >= 11 is 0. The van der Waals surface area contributed by atoms with Crippen LogP contribution in [0.5, 0.6) is 0 Å². The molecule has 0 radical (unpaired) electrons. The molecule has 0 atom stereocenters. The van der Waals surface area contributed by atoms with Crippen molar-refractivity contribution in [1.82, 2.24) is 10.2 Å². The Kier molecular flexibility index (Phi) is 2.90. The van der Waals surface area contributed by atoms with E-state index in [0.717, 1.165) is 27.4 Å². The van der Waals surface area contributed by atoms with E-state index < -0.39 is 0 Å². The third-order valence-electron chi connectivity index (χ3n) is 2.82. The number of nitrogens with one attached hydrogen (secondary N) is 1. The van der Waals surface area contributed by atoms with E-state index in [-0.39, 0.29) is 0 Å². The van der Waals surface area contributed by atoms with Crippen LogP contribution < -0.4 is 4.91 Å². The number of hydrogen-bond acceptors (Lipinski definition) is 2. The van der Waals surface area contributed by atoms with Crippen molar-refractivity contribution in [3.63, 3.8) is 0 Å². The summed E-state index contributed by atoms with van der Waals surface area (Å²) in [5.41, 5.74) is 3.43. The Balaban J connectivity index is 2.12. The molecule has 0 aliphatic heterocycles. The first kappa shape index (κ1) is 11.3. The SMILES string of the molecule is [NH-][n+]1nc(-c2ccccc2)cc(-c2ccccc2)n1. The Morgan fingerprint density at radius 1 is 0.684 bits per heavy atom. The van der Waals surface area contributed by atoms with Crippen molar-refractivity contribution in [2.45, 2.75) is 0 Å². The first-order chi connectivity index (χ1) is 9.33. The number of nitrogens with zero attached hydrogens (tertiary/aromatic N) is 3. The third kappa shape index (κ3) is 2.42. The van der Waals surface area contributed by atoms with E-state index in [2.05, 4.69) is 10.2 Å². The molecule has 0 spiro atoms. The van der Waals surface area contributed by atoms with Gasteiger partial charge in [-0.25, -0.2) is 0 Å². The zero-order valence-corrected chi connectivity index (χ0v) is 10.2. The molecule has 1 N–H and O–H groups in total. The van der Waals surface area contributed by atoms with E-state index in [1.54, 1.807) is 0 Å². The van der Waals surface area contributed by atoms with Gasteiger partial charge in [0, 0.05) is 0 Å².